The van der Waals surface area contributed by atoms with Crippen LogP contribution in [0.3, 0.4) is 0 Å². The number of aromatic hydroxyl groups is 1. The molecule has 1 heterocycles. The molecule has 1 aliphatic rings. The highest BCUT2D eigenvalue weighted by atomic mass is 16.7. The van der Waals surface area contributed by atoms with E-state index >= 15 is 0 Å². The van der Waals surface area contributed by atoms with Crippen LogP contribution in [0.15, 0.2) is 36.4 Å². The Labute approximate surface area is 152 Å². The van der Waals surface area contributed by atoms with Crippen molar-refractivity contribution in [3.05, 3.63) is 47.5 Å². The molecule has 6 heteroatoms. The lowest BCUT2D eigenvalue weighted by Crippen LogP contribution is -2.26. The number of aliphatic hydroxyl groups is 2. The second kappa shape index (κ2) is 8.29. The van der Waals surface area contributed by atoms with E-state index in [9.17, 15) is 15.3 Å². The molecule has 6 nitrogen and oxygen atoms in total. The van der Waals surface area contributed by atoms with Crippen LogP contribution < -0.4 is 14.2 Å². The van der Waals surface area contributed by atoms with Gasteiger partial charge < -0.3 is 29.5 Å². The molecule has 3 N–H and O–H groups in total. The van der Waals surface area contributed by atoms with Gasteiger partial charge in [-0.3, -0.25) is 0 Å². The third kappa shape index (κ3) is 4.03. The van der Waals surface area contributed by atoms with Crippen LogP contribution in [0.4, 0.5) is 0 Å². The summed E-state index contributed by atoms with van der Waals surface area (Å²) in [5.41, 5.74) is 1.96. The van der Waals surface area contributed by atoms with E-state index in [1.165, 1.54) is 7.11 Å². The molecule has 0 unspecified atom stereocenters. The second-order valence-corrected chi connectivity index (χ2v) is 6.49. The number of hydrogen-bond acceptors (Lipinski definition) is 6. The van der Waals surface area contributed by atoms with E-state index in [0.29, 0.717) is 24.3 Å². The lowest BCUT2D eigenvalue weighted by Gasteiger charge is -2.24. The van der Waals surface area contributed by atoms with Crippen LogP contribution in [-0.2, 0) is 12.8 Å². The zero-order valence-electron chi connectivity index (χ0n) is 14.7. The highest BCUT2D eigenvalue weighted by Crippen LogP contribution is 2.34. The molecule has 0 fully saturated rings. The molecular weight excluding hydrogens is 336 g/mol. The number of rotatable bonds is 8. The van der Waals surface area contributed by atoms with E-state index in [1.54, 1.807) is 18.2 Å². The van der Waals surface area contributed by atoms with E-state index in [-0.39, 0.29) is 37.6 Å². The number of phenolic OH excluding ortho intramolecular Hbond substituents is 1. The average molecular weight is 360 g/mol. The highest BCUT2D eigenvalue weighted by Gasteiger charge is 2.23. The van der Waals surface area contributed by atoms with Crippen LogP contribution in [0.25, 0.3) is 0 Å². The van der Waals surface area contributed by atoms with E-state index < -0.39 is 0 Å². The molecular formula is C20H24O6. The summed E-state index contributed by atoms with van der Waals surface area (Å²) < 4.78 is 15.9. The van der Waals surface area contributed by atoms with Gasteiger partial charge in [-0.1, -0.05) is 12.1 Å². The summed E-state index contributed by atoms with van der Waals surface area (Å²) in [6.45, 7) is 0.151. The normalized spacial score (nSPS) is 14.9. The summed E-state index contributed by atoms with van der Waals surface area (Å²) in [6, 6.07) is 10.9. The summed E-state index contributed by atoms with van der Waals surface area (Å²) in [4.78, 5) is 0. The molecule has 0 aromatic heterocycles. The Hall–Kier alpha value is -2.44. The number of benzene rings is 2. The second-order valence-electron chi connectivity index (χ2n) is 6.49. The van der Waals surface area contributed by atoms with Gasteiger partial charge in [0, 0.05) is 13.2 Å². The molecule has 3 rings (SSSR count). The fourth-order valence-corrected chi connectivity index (χ4v) is 3.28. The maximum Gasteiger partial charge on any atom is 0.231 e. The summed E-state index contributed by atoms with van der Waals surface area (Å²) in [7, 11) is 1.50. The Morgan fingerprint density at radius 1 is 0.923 bits per heavy atom. The van der Waals surface area contributed by atoms with Gasteiger partial charge in [0.1, 0.15) is 0 Å². The van der Waals surface area contributed by atoms with Crippen molar-refractivity contribution in [2.24, 2.45) is 11.8 Å². The molecule has 2 atom stereocenters. The number of aliphatic hydroxyl groups excluding tert-OH is 2. The summed E-state index contributed by atoms with van der Waals surface area (Å²) in [6.07, 6.45) is 1.19. The maximum absolute atomic E-state index is 9.87. The molecule has 140 valence electrons. The van der Waals surface area contributed by atoms with Crippen molar-refractivity contribution < 1.29 is 29.5 Å². The summed E-state index contributed by atoms with van der Waals surface area (Å²) in [5.74, 6) is 1.68. The molecule has 0 amide bonds. The van der Waals surface area contributed by atoms with Crippen molar-refractivity contribution in [1.29, 1.82) is 0 Å². The van der Waals surface area contributed by atoms with Crippen molar-refractivity contribution in [2.75, 3.05) is 27.1 Å². The highest BCUT2D eigenvalue weighted by molar-refractivity contribution is 5.44. The molecule has 1 aliphatic heterocycles. The Balaban J connectivity index is 1.72. The first-order valence-corrected chi connectivity index (χ1v) is 8.60. The van der Waals surface area contributed by atoms with Gasteiger partial charge in [0.25, 0.3) is 0 Å². The summed E-state index contributed by atoms with van der Waals surface area (Å²) in [5, 5.41) is 29.5. The quantitative estimate of drug-likeness (QED) is 0.668. The third-order valence-corrected chi connectivity index (χ3v) is 4.81. The van der Waals surface area contributed by atoms with Crippen LogP contribution >= 0.6 is 0 Å². The molecule has 0 saturated carbocycles. The van der Waals surface area contributed by atoms with Gasteiger partial charge in [0.15, 0.2) is 23.0 Å². The predicted molar refractivity (Wildman–Crippen MR) is 95.8 cm³/mol. The van der Waals surface area contributed by atoms with Crippen LogP contribution in [0, 0.1) is 11.8 Å². The zero-order chi connectivity index (χ0) is 18.5. The first-order valence-electron chi connectivity index (χ1n) is 8.60. The van der Waals surface area contributed by atoms with Gasteiger partial charge >= 0.3 is 0 Å². The fraction of sp³-hybridized carbons (Fsp3) is 0.400. The van der Waals surface area contributed by atoms with Crippen LogP contribution in [-0.4, -0.2) is 42.4 Å². The SMILES string of the molecule is COc1cc(C[C@@H](CO)[C@H](CO)Cc2ccc3c(c2)OCO3)ccc1O. The van der Waals surface area contributed by atoms with E-state index in [2.05, 4.69) is 0 Å². The van der Waals surface area contributed by atoms with Crippen LogP contribution in [0.1, 0.15) is 11.1 Å². The van der Waals surface area contributed by atoms with Gasteiger partial charge in [-0.05, 0) is 60.1 Å². The van der Waals surface area contributed by atoms with Crippen molar-refractivity contribution in [3.63, 3.8) is 0 Å². The van der Waals surface area contributed by atoms with Gasteiger partial charge in [0.05, 0.1) is 7.11 Å². The van der Waals surface area contributed by atoms with Gasteiger partial charge in [0.2, 0.25) is 6.79 Å². The topological polar surface area (TPSA) is 88.4 Å². The number of fused-ring (bicyclic) bond motifs is 1. The van der Waals surface area contributed by atoms with Crippen molar-refractivity contribution >= 4 is 0 Å². The molecule has 2 aromatic rings. The maximum atomic E-state index is 9.87. The first kappa shape index (κ1) is 18.4. The number of hydrogen-bond donors (Lipinski definition) is 3. The van der Waals surface area contributed by atoms with Gasteiger partial charge in [-0.25, -0.2) is 0 Å². The molecule has 26 heavy (non-hydrogen) atoms. The van der Waals surface area contributed by atoms with E-state index in [0.717, 1.165) is 16.9 Å². The van der Waals surface area contributed by atoms with Crippen LogP contribution in [0.5, 0.6) is 23.0 Å². The standard InChI is InChI=1S/C20H24O6/c1-24-19-8-13(2-4-17(19)23)6-15(10-21)16(11-22)7-14-3-5-18-20(9-14)26-12-25-18/h2-5,8-9,15-16,21-23H,6-7,10-12H2,1H3/t15-,16-/m0/s1. The van der Waals surface area contributed by atoms with E-state index in [4.69, 9.17) is 14.2 Å². The predicted octanol–water partition coefficient (Wildman–Crippen LogP) is 2.13. The number of phenols is 1. The van der Waals surface area contributed by atoms with E-state index in [1.807, 2.05) is 18.2 Å². The third-order valence-electron chi connectivity index (χ3n) is 4.81. The lowest BCUT2D eigenvalue weighted by atomic mass is 9.83. The molecule has 0 aliphatic carbocycles. The monoisotopic (exact) mass is 360 g/mol. The Morgan fingerprint density at radius 3 is 2.19 bits per heavy atom. The van der Waals surface area contributed by atoms with Crippen molar-refractivity contribution in [3.8, 4) is 23.0 Å². The molecule has 0 radical (unpaired) electrons. The fourth-order valence-electron chi connectivity index (χ4n) is 3.28. The molecule has 0 spiro atoms. The lowest BCUT2D eigenvalue weighted by molar-refractivity contribution is 0.119. The zero-order valence-corrected chi connectivity index (χ0v) is 14.7. The number of ether oxygens (including phenoxy) is 3. The minimum Gasteiger partial charge on any atom is -0.504 e. The Bertz CT molecular complexity index is 726. The average Bonchev–Trinajstić information content (AvgIpc) is 3.13. The number of methoxy groups -OCH3 is 1. The smallest absolute Gasteiger partial charge is 0.231 e. The molecule has 0 bridgehead atoms. The van der Waals surface area contributed by atoms with Crippen molar-refractivity contribution in [1.82, 2.24) is 0 Å². The Kier molecular flexibility index (Phi) is 5.85. The first-order chi connectivity index (χ1) is 12.6. The van der Waals surface area contributed by atoms with Gasteiger partial charge in [-0.15, -0.1) is 0 Å². The molecule has 2 aromatic carbocycles. The van der Waals surface area contributed by atoms with Gasteiger partial charge in [-0.2, -0.15) is 0 Å². The largest absolute Gasteiger partial charge is 0.504 e. The molecule has 0 saturated heterocycles. The minimum absolute atomic E-state index is 0.0329. The van der Waals surface area contributed by atoms with Crippen LogP contribution in [0.2, 0.25) is 0 Å². The van der Waals surface area contributed by atoms with Crippen molar-refractivity contribution in [2.45, 2.75) is 12.8 Å². The summed E-state index contributed by atoms with van der Waals surface area (Å²) >= 11 is 0. The Morgan fingerprint density at radius 2 is 1.54 bits per heavy atom. The minimum atomic E-state index is -0.125.